The van der Waals surface area contributed by atoms with E-state index in [0.717, 1.165) is 0 Å². The maximum Gasteiger partial charge on any atom is 0.251 e. The average Bonchev–Trinajstić information content (AvgIpc) is 3.25. The number of hydrogen-bond donors (Lipinski definition) is 3. The van der Waals surface area contributed by atoms with Crippen molar-refractivity contribution >= 4 is 21.4 Å². The maximum absolute atomic E-state index is 14.1. The lowest BCUT2D eigenvalue weighted by Crippen LogP contribution is -2.52. The summed E-state index contributed by atoms with van der Waals surface area (Å²) in [5, 5.41) is 17.2. The molecule has 4 rings (SSSR count). The number of hydrazine groups is 1. The highest BCUT2D eigenvalue weighted by Crippen LogP contribution is 2.44. The van der Waals surface area contributed by atoms with Crippen molar-refractivity contribution < 1.29 is 22.0 Å². The molecular weight excluding hydrogens is 452 g/mol. The molecule has 1 saturated carbocycles. The maximum atomic E-state index is 14.1. The van der Waals surface area contributed by atoms with Crippen molar-refractivity contribution in [1.29, 1.82) is 5.26 Å². The Hall–Kier alpha value is -2.29. The van der Waals surface area contributed by atoms with Crippen LogP contribution in [0.5, 0.6) is 0 Å². The fourth-order valence-corrected chi connectivity index (χ4v) is 6.18. The topological polar surface area (TPSA) is 114 Å². The molecule has 2 heterocycles. The first-order chi connectivity index (χ1) is 15.3. The predicted octanol–water partition coefficient (Wildman–Crippen LogP) is 2.26. The number of rotatable bonds is 4. The fraction of sp³-hybridized carbons (Fsp3) is 0.636. The molecule has 8 nitrogen and oxygen atoms in total. The van der Waals surface area contributed by atoms with E-state index < -0.39 is 57.4 Å². The number of benzene rings is 1. The molecule has 5 atom stereocenters. The van der Waals surface area contributed by atoms with Crippen molar-refractivity contribution in [3.63, 3.8) is 0 Å². The standard InChI is InChI=1S/C22H29F2N5O3S/c1-21(2,3)33(31,32)15-6-4-14(5-7-15)27-19-18-16(8-9-26-20(18)30)29(28-19)17-11-22(23,24)10-13(17)12-25/h4-7,13,16-19,27-28H,8-11H2,1-3H3,(H,26,30)/t13-,16?,17+,18?,19?/m1/s1. The molecular formula is C22H29F2N5O3S. The second-order valence-electron chi connectivity index (χ2n) is 10.0. The lowest BCUT2D eigenvalue weighted by Gasteiger charge is -2.34. The smallest absolute Gasteiger partial charge is 0.251 e. The average molecular weight is 482 g/mol. The molecule has 0 spiro atoms. The van der Waals surface area contributed by atoms with Crippen LogP contribution in [0.25, 0.3) is 0 Å². The largest absolute Gasteiger partial charge is 0.368 e. The van der Waals surface area contributed by atoms with Crippen molar-refractivity contribution in [3.8, 4) is 6.07 Å². The Morgan fingerprint density at radius 1 is 1.18 bits per heavy atom. The van der Waals surface area contributed by atoms with Crippen LogP contribution < -0.4 is 16.1 Å². The Balaban J connectivity index is 1.57. The van der Waals surface area contributed by atoms with Gasteiger partial charge in [-0.15, -0.1) is 0 Å². The van der Waals surface area contributed by atoms with Gasteiger partial charge in [0, 0.05) is 37.2 Å². The van der Waals surface area contributed by atoms with Crippen molar-refractivity contribution in [2.45, 2.75) is 73.8 Å². The van der Waals surface area contributed by atoms with E-state index in [9.17, 15) is 27.3 Å². The van der Waals surface area contributed by atoms with E-state index in [1.807, 2.05) is 6.07 Å². The number of anilines is 1. The van der Waals surface area contributed by atoms with Gasteiger partial charge in [-0.3, -0.25) is 4.79 Å². The zero-order valence-electron chi connectivity index (χ0n) is 18.8. The van der Waals surface area contributed by atoms with Gasteiger partial charge in [-0.1, -0.05) is 0 Å². The third-order valence-corrected chi connectivity index (χ3v) is 9.27. The fourth-order valence-electron chi connectivity index (χ4n) is 4.98. The van der Waals surface area contributed by atoms with Crippen molar-refractivity contribution in [2.24, 2.45) is 11.8 Å². The number of halogens is 2. The number of hydrogen-bond acceptors (Lipinski definition) is 7. The lowest BCUT2D eigenvalue weighted by molar-refractivity contribution is -0.128. The predicted molar refractivity (Wildman–Crippen MR) is 118 cm³/mol. The summed E-state index contributed by atoms with van der Waals surface area (Å²) < 4.78 is 52.6. The summed E-state index contributed by atoms with van der Waals surface area (Å²) in [5.74, 6) is -4.49. The molecule has 0 radical (unpaired) electrons. The summed E-state index contributed by atoms with van der Waals surface area (Å²) in [6.45, 7) is 5.34. The Bertz CT molecular complexity index is 1060. The highest BCUT2D eigenvalue weighted by atomic mass is 32.2. The van der Waals surface area contributed by atoms with Gasteiger partial charge in [0.1, 0.15) is 6.17 Å². The first-order valence-corrected chi connectivity index (χ1v) is 12.5. The molecule has 3 aliphatic rings. The number of alkyl halides is 2. The zero-order valence-corrected chi connectivity index (χ0v) is 19.6. The summed E-state index contributed by atoms with van der Waals surface area (Å²) in [6.07, 6.45) is -0.939. The van der Waals surface area contributed by atoms with Gasteiger partial charge in [0.15, 0.2) is 9.84 Å². The highest BCUT2D eigenvalue weighted by molar-refractivity contribution is 7.92. The monoisotopic (exact) mass is 481 g/mol. The second-order valence-corrected chi connectivity index (χ2v) is 12.7. The number of carbonyl (C=O) groups excluding carboxylic acids is 1. The molecule has 3 N–H and O–H groups in total. The number of piperidine rings is 1. The van der Waals surface area contributed by atoms with Crippen LogP contribution in [0, 0.1) is 23.2 Å². The molecule has 3 fully saturated rings. The quantitative estimate of drug-likeness (QED) is 0.604. The number of nitrogens with zero attached hydrogens (tertiary/aromatic N) is 2. The molecule has 0 bridgehead atoms. The van der Waals surface area contributed by atoms with E-state index in [4.69, 9.17) is 0 Å². The van der Waals surface area contributed by atoms with Crippen molar-refractivity contribution in [3.05, 3.63) is 24.3 Å². The molecule has 1 aromatic carbocycles. The molecule has 33 heavy (non-hydrogen) atoms. The zero-order chi connectivity index (χ0) is 24.2. The van der Waals surface area contributed by atoms with Gasteiger partial charge >= 0.3 is 0 Å². The van der Waals surface area contributed by atoms with E-state index in [2.05, 4.69) is 16.1 Å². The summed E-state index contributed by atoms with van der Waals surface area (Å²) in [4.78, 5) is 12.9. The first-order valence-electron chi connectivity index (χ1n) is 11.0. The molecule has 1 amide bonds. The van der Waals surface area contributed by atoms with Crippen LogP contribution in [-0.4, -0.2) is 54.8 Å². The van der Waals surface area contributed by atoms with Gasteiger partial charge in [-0.05, 0) is 51.5 Å². The van der Waals surface area contributed by atoms with E-state index in [0.29, 0.717) is 18.7 Å². The Labute approximate surface area is 192 Å². The number of amides is 1. The number of carbonyl (C=O) groups is 1. The Morgan fingerprint density at radius 2 is 1.85 bits per heavy atom. The highest BCUT2D eigenvalue weighted by Gasteiger charge is 2.56. The SMILES string of the molecule is CC(C)(C)S(=O)(=O)c1ccc(NC2NN([C@H]3CC(F)(F)C[C@@H]3C#N)C3CCNC(=O)C23)cc1. The molecule has 180 valence electrons. The Morgan fingerprint density at radius 3 is 2.45 bits per heavy atom. The molecule has 2 aliphatic heterocycles. The van der Waals surface area contributed by atoms with Crippen LogP contribution in [0.1, 0.15) is 40.0 Å². The number of sulfone groups is 1. The Kier molecular flexibility index (Phi) is 5.91. The van der Waals surface area contributed by atoms with Gasteiger partial charge in [-0.2, -0.15) is 5.26 Å². The van der Waals surface area contributed by atoms with Gasteiger partial charge < -0.3 is 10.6 Å². The first kappa shape index (κ1) is 23.9. The van der Waals surface area contributed by atoms with Gasteiger partial charge in [0.2, 0.25) is 5.91 Å². The van der Waals surface area contributed by atoms with E-state index in [1.165, 1.54) is 12.1 Å². The third-order valence-electron chi connectivity index (χ3n) is 6.77. The summed E-state index contributed by atoms with van der Waals surface area (Å²) >= 11 is 0. The molecule has 0 aromatic heterocycles. The summed E-state index contributed by atoms with van der Waals surface area (Å²) in [7, 11) is -3.51. The van der Waals surface area contributed by atoms with Crippen molar-refractivity contribution in [2.75, 3.05) is 11.9 Å². The van der Waals surface area contributed by atoms with Gasteiger partial charge in [-0.25, -0.2) is 27.6 Å². The second kappa shape index (κ2) is 8.18. The number of nitrogens with one attached hydrogen (secondary N) is 3. The van der Waals surface area contributed by atoms with Crippen LogP contribution in [-0.2, 0) is 14.6 Å². The van der Waals surface area contributed by atoms with Crippen LogP contribution in [0.3, 0.4) is 0 Å². The van der Waals surface area contributed by atoms with Crippen LogP contribution in [0.4, 0.5) is 14.5 Å². The summed E-state index contributed by atoms with van der Waals surface area (Å²) in [5.41, 5.74) is 3.77. The van der Waals surface area contributed by atoms with Crippen LogP contribution >= 0.6 is 0 Å². The normalized spacial score (nSPS) is 32.1. The van der Waals surface area contributed by atoms with Crippen LogP contribution in [0.15, 0.2) is 29.2 Å². The van der Waals surface area contributed by atoms with E-state index in [-0.39, 0.29) is 16.8 Å². The number of fused-ring (bicyclic) bond motifs is 1. The lowest BCUT2D eigenvalue weighted by atomic mass is 9.90. The molecule has 3 unspecified atom stereocenters. The molecule has 11 heteroatoms. The minimum absolute atomic E-state index is 0.191. The molecule has 2 saturated heterocycles. The van der Waals surface area contributed by atoms with E-state index in [1.54, 1.807) is 37.9 Å². The molecule has 1 aromatic rings. The van der Waals surface area contributed by atoms with Crippen LogP contribution in [0.2, 0.25) is 0 Å². The molecule has 1 aliphatic carbocycles. The third kappa shape index (κ3) is 4.32. The summed E-state index contributed by atoms with van der Waals surface area (Å²) in [6, 6.07) is 7.26. The van der Waals surface area contributed by atoms with E-state index >= 15 is 0 Å². The minimum Gasteiger partial charge on any atom is -0.368 e. The van der Waals surface area contributed by atoms with Gasteiger partial charge in [0.25, 0.3) is 5.92 Å². The van der Waals surface area contributed by atoms with Crippen molar-refractivity contribution in [1.82, 2.24) is 15.8 Å². The number of nitriles is 1. The van der Waals surface area contributed by atoms with Gasteiger partial charge in [0.05, 0.1) is 27.5 Å². The minimum atomic E-state index is -3.51.